The van der Waals surface area contributed by atoms with E-state index in [2.05, 4.69) is 21.2 Å². The van der Waals surface area contributed by atoms with Crippen LogP contribution in [0.3, 0.4) is 0 Å². The lowest BCUT2D eigenvalue weighted by atomic mass is 10.2. The summed E-state index contributed by atoms with van der Waals surface area (Å²) in [6.07, 6.45) is 0. The molecule has 2 amide bonds. The van der Waals surface area contributed by atoms with E-state index in [1.165, 1.54) is 0 Å². The maximum absolute atomic E-state index is 12.4. The molecule has 0 aliphatic carbocycles. The average Bonchev–Trinajstić information content (AvgIpc) is 2.58. The molecule has 26 heavy (non-hydrogen) atoms. The Hall–Kier alpha value is -2.18. The van der Waals surface area contributed by atoms with Gasteiger partial charge in [0.2, 0.25) is 0 Å². The van der Waals surface area contributed by atoms with Gasteiger partial charge in [0.15, 0.2) is 13.1 Å². The van der Waals surface area contributed by atoms with Gasteiger partial charge in [0.25, 0.3) is 11.8 Å². The third-order valence-corrected chi connectivity index (χ3v) is 4.56. The SMILES string of the molecule is Cc1cc(Br)ccc1NC(=O)C[NH+](C)CC(=O)N(C)Cc1ccccc1. The molecule has 0 aromatic heterocycles. The van der Waals surface area contributed by atoms with Crippen LogP contribution in [-0.2, 0) is 16.1 Å². The van der Waals surface area contributed by atoms with Gasteiger partial charge in [-0.1, -0.05) is 46.3 Å². The number of halogens is 1. The van der Waals surface area contributed by atoms with E-state index in [1.807, 2.05) is 62.5 Å². The number of quaternary nitrogens is 1. The first kappa shape index (κ1) is 20.1. The van der Waals surface area contributed by atoms with Crippen molar-refractivity contribution in [1.29, 1.82) is 0 Å². The van der Waals surface area contributed by atoms with Gasteiger partial charge in [-0.25, -0.2) is 0 Å². The average molecular weight is 419 g/mol. The number of likely N-dealkylation sites (N-methyl/N-ethyl adjacent to an activating group) is 2. The number of nitrogens with one attached hydrogen (secondary N) is 2. The van der Waals surface area contributed by atoms with Crippen LogP contribution in [0.25, 0.3) is 0 Å². The fourth-order valence-corrected chi connectivity index (χ4v) is 3.11. The van der Waals surface area contributed by atoms with Gasteiger partial charge in [-0.05, 0) is 36.2 Å². The van der Waals surface area contributed by atoms with Gasteiger partial charge in [0.1, 0.15) is 0 Å². The topological polar surface area (TPSA) is 53.9 Å². The summed E-state index contributed by atoms with van der Waals surface area (Å²) in [7, 11) is 3.64. The first-order valence-electron chi connectivity index (χ1n) is 8.50. The lowest BCUT2D eigenvalue weighted by molar-refractivity contribution is -0.862. The predicted octanol–water partition coefficient (Wildman–Crippen LogP) is 1.87. The Balaban J connectivity index is 1.82. The zero-order valence-electron chi connectivity index (χ0n) is 15.4. The zero-order valence-corrected chi connectivity index (χ0v) is 17.0. The minimum atomic E-state index is -0.105. The minimum Gasteiger partial charge on any atom is -0.337 e. The summed E-state index contributed by atoms with van der Waals surface area (Å²) < 4.78 is 0.975. The summed E-state index contributed by atoms with van der Waals surface area (Å²) >= 11 is 3.41. The summed E-state index contributed by atoms with van der Waals surface area (Å²) in [5, 5.41) is 2.91. The number of aryl methyl sites for hydroxylation is 1. The van der Waals surface area contributed by atoms with Crippen molar-refractivity contribution in [3.05, 3.63) is 64.1 Å². The van der Waals surface area contributed by atoms with E-state index in [1.54, 1.807) is 11.9 Å². The molecule has 2 rings (SSSR count). The zero-order chi connectivity index (χ0) is 19.1. The summed E-state index contributed by atoms with van der Waals surface area (Å²) in [5.74, 6) is -0.0922. The normalized spacial score (nSPS) is 11.7. The van der Waals surface area contributed by atoms with Crippen molar-refractivity contribution in [1.82, 2.24) is 4.90 Å². The third-order valence-electron chi connectivity index (χ3n) is 4.07. The van der Waals surface area contributed by atoms with Crippen LogP contribution in [0.5, 0.6) is 0 Å². The molecule has 0 fully saturated rings. The quantitative estimate of drug-likeness (QED) is 0.720. The second-order valence-corrected chi connectivity index (χ2v) is 7.47. The maximum atomic E-state index is 12.4. The van der Waals surface area contributed by atoms with Gasteiger partial charge >= 0.3 is 0 Å². The predicted molar refractivity (Wildman–Crippen MR) is 107 cm³/mol. The fourth-order valence-electron chi connectivity index (χ4n) is 2.64. The molecule has 0 heterocycles. The molecular weight excluding hydrogens is 394 g/mol. The van der Waals surface area contributed by atoms with Crippen molar-refractivity contribution in [2.75, 3.05) is 32.5 Å². The second kappa shape index (κ2) is 9.50. The number of hydrogen-bond acceptors (Lipinski definition) is 2. The van der Waals surface area contributed by atoms with E-state index in [-0.39, 0.29) is 24.9 Å². The molecule has 2 N–H and O–H groups in total. The number of carbonyl (C=O) groups is 2. The molecule has 0 spiro atoms. The molecule has 0 saturated carbocycles. The highest BCUT2D eigenvalue weighted by molar-refractivity contribution is 9.10. The molecule has 5 nitrogen and oxygen atoms in total. The first-order valence-corrected chi connectivity index (χ1v) is 9.29. The molecule has 1 atom stereocenters. The summed E-state index contributed by atoms with van der Waals surface area (Å²) in [4.78, 5) is 27.1. The molecule has 0 saturated heterocycles. The van der Waals surface area contributed by atoms with E-state index >= 15 is 0 Å². The van der Waals surface area contributed by atoms with Crippen molar-refractivity contribution < 1.29 is 14.5 Å². The molecule has 1 unspecified atom stereocenters. The van der Waals surface area contributed by atoms with Gasteiger partial charge in [0.05, 0.1) is 7.05 Å². The number of hydrogen-bond donors (Lipinski definition) is 2. The van der Waals surface area contributed by atoms with Crippen LogP contribution in [0.4, 0.5) is 5.69 Å². The molecular formula is C20H25BrN3O2+. The van der Waals surface area contributed by atoms with Crippen LogP contribution in [-0.4, -0.2) is 43.9 Å². The lowest BCUT2D eigenvalue weighted by Gasteiger charge is -2.20. The highest BCUT2D eigenvalue weighted by atomic mass is 79.9. The van der Waals surface area contributed by atoms with Crippen LogP contribution in [0.2, 0.25) is 0 Å². The highest BCUT2D eigenvalue weighted by Gasteiger charge is 2.18. The lowest BCUT2D eigenvalue weighted by Crippen LogP contribution is -3.11. The van der Waals surface area contributed by atoms with Gasteiger partial charge in [0, 0.05) is 23.8 Å². The number of rotatable bonds is 7. The highest BCUT2D eigenvalue weighted by Crippen LogP contribution is 2.19. The third kappa shape index (κ3) is 6.28. The summed E-state index contributed by atoms with van der Waals surface area (Å²) in [6, 6.07) is 15.6. The maximum Gasteiger partial charge on any atom is 0.279 e. The van der Waals surface area contributed by atoms with Crippen LogP contribution >= 0.6 is 15.9 Å². The van der Waals surface area contributed by atoms with Crippen LogP contribution in [0, 0.1) is 6.92 Å². The molecule has 0 bridgehead atoms. The summed E-state index contributed by atoms with van der Waals surface area (Å²) in [5.41, 5.74) is 2.87. The minimum absolute atomic E-state index is 0.0129. The molecule has 2 aromatic rings. The van der Waals surface area contributed by atoms with Crippen LogP contribution in [0.1, 0.15) is 11.1 Å². The van der Waals surface area contributed by atoms with Gasteiger partial charge in [-0.15, -0.1) is 0 Å². The second-order valence-electron chi connectivity index (χ2n) is 6.55. The molecule has 2 aromatic carbocycles. The Bertz CT molecular complexity index is 765. The Labute approximate surface area is 163 Å². The van der Waals surface area contributed by atoms with Gasteiger partial charge < -0.3 is 15.1 Å². The summed E-state index contributed by atoms with van der Waals surface area (Å²) in [6.45, 7) is 3.02. The first-order chi connectivity index (χ1) is 12.3. The number of benzene rings is 2. The Morgan fingerprint density at radius 1 is 1.12 bits per heavy atom. The van der Waals surface area contributed by atoms with Crippen LogP contribution < -0.4 is 10.2 Å². The van der Waals surface area contributed by atoms with Crippen molar-refractivity contribution >= 4 is 33.4 Å². The molecule has 138 valence electrons. The van der Waals surface area contributed by atoms with E-state index in [9.17, 15) is 9.59 Å². The smallest absolute Gasteiger partial charge is 0.279 e. The molecule has 0 aliphatic rings. The molecule has 0 radical (unpaired) electrons. The van der Waals surface area contributed by atoms with Gasteiger partial charge in [-0.3, -0.25) is 9.59 Å². The van der Waals surface area contributed by atoms with E-state index in [4.69, 9.17) is 0 Å². The molecule has 0 aliphatic heterocycles. The number of carbonyl (C=O) groups excluding carboxylic acids is 2. The van der Waals surface area contributed by atoms with Crippen LogP contribution in [0.15, 0.2) is 53.0 Å². The van der Waals surface area contributed by atoms with Crippen molar-refractivity contribution in [2.24, 2.45) is 0 Å². The standard InChI is InChI=1S/C20H24BrN3O2/c1-15-11-17(21)9-10-18(15)22-19(25)13-23(2)14-20(26)24(3)12-16-7-5-4-6-8-16/h4-11H,12-14H2,1-3H3,(H,22,25)/p+1. The van der Waals surface area contributed by atoms with Crippen molar-refractivity contribution in [3.8, 4) is 0 Å². The monoisotopic (exact) mass is 418 g/mol. The Morgan fingerprint density at radius 3 is 2.46 bits per heavy atom. The number of nitrogens with zero attached hydrogens (tertiary/aromatic N) is 1. The fraction of sp³-hybridized carbons (Fsp3) is 0.300. The molecule has 6 heteroatoms. The van der Waals surface area contributed by atoms with E-state index in [0.717, 1.165) is 26.2 Å². The Kier molecular flexibility index (Phi) is 7.36. The number of amides is 2. The van der Waals surface area contributed by atoms with E-state index in [0.29, 0.717) is 6.54 Å². The van der Waals surface area contributed by atoms with Gasteiger partial charge in [-0.2, -0.15) is 0 Å². The van der Waals surface area contributed by atoms with Crippen molar-refractivity contribution in [3.63, 3.8) is 0 Å². The number of anilines is 1. The van der Waals surface area contributed by atoms with E-state index < -0.39 is 0 Å². The van der Waals surface area contributed by atoms with Crippen molar-refractivity contribution in [2.45, 2.75) is 13.5 Å². The Morgan fingerprint density at radius 2 is 1.81 bits per heavy atom. The largest absolute Gasteiger partial charge is 0.337 e.